The van der Waals surface area contributed by atoms with Gasteiger partial charge in [-0.1, -0.05) is 50.3 Å². The first-order valence-corrected chi connectivity index (χ1v) is 3.36. The molecular formula is C9H14. The lowest BCUT2D eigenvalue weighted by Crippen LogP contribution is -1.57. The topological polar surface area (TPSA) is 0 Å². The Kier molecular flexibility index (Phi) is 6.59. The molecule has 0 saturated carbocycles. The van der Waals surface area contributed by atoms with E-state index in [4.69, 9.17) is 0 Å². The van der Waals surface area contributed by atoms with Crippen molar-refractivity contribution in [3.05, 3.63) is 37.0 Å². The Bertz CT molecular complexity index is 107. The van der Waals surface area contributed by atoms with Crippen LogP contribution in [0.4, 0.5) is 0 Å². The largest absolute Gasteiger partial charge is 0.0991 e. The Labute approximate surface area is 57.6 Å². The predicted octanol–water partition coefficient (Wildman–Crippen LogP) is 3.08. The maximum atomic E-state index is 3.56. The van der Waals surface area contributed by atoms with Gasteiger partial charge in [-0.3, -0.25) is 0 Å². The second-order valence-electron chi connectivity index (χ2n) is 1.84. The third-order valence-corrected chi connectivity index (χ3v) is 0.950. The van der Waals surface area contributed by atoms with Crippen molar-refractivity contribution in [3.8, 4) is 0 Å². The summed E-state index contributed by atoms with van der Waals surface area (Å²) in [7, 11) is 0. The second kappa shape index (κ2) is 7.22. The van der Waals surface area contributed by atoms with Gasteiger partial charge in [-0.05, 0) is 6.42 Å². The Balaban J connectivity index is 3.23. The summed E-state index contributed by atoms with van der Waals surface area (Å²) in [5, 5.41) is 0. The SMILES string of the molecule is C=C/C=C/C=C/CCC. The molecule has 0 atom stereocenters. The molecule has 0 aromatic rings. The summed E-state index contributed by atoms with van der Waals surface area (Å²) in [6, 6.07) is 0. The highest BCUT2D eigenvalue weighted by Crippen LogP contribution is 1.88. The molecule has 0 nitrogen and oxygen atoms in total. The molecule has 0 unspecified atom stereocenters. The Hall–Kier alpha value is -0.780. The lowest BCUT2D eigenvalue weighted by atomic mass is 10.3. The van der Waals surface area contributed by atoms with Gasteiger partial charge in [0.25, 0.3) is 0 Å². The minimum Gasteiger partial charge on any atom is -0.0991 e. The molecule has 0 aliphatic carbocycles. The van der Waals surface area contributed by atoms with Crippen LogP contribution in [0.5, 0.6) is 0 Å². The molecule has 9 heavy (non-hydrogen) atoms. The number of allylic oxidation sites excluding steroid dienone is 5. The summed E-state index contributed by atoms with van der Waals surface area (Å²) < 4.78 is 0. The number of unbranched alkanes of at least 4 members (excludes halogenated alkanes) is 1. The Morgan fingerprint density at radius 1 is 1.22 bits per heavy atom. The molecule has 0 saturated heterocycles. The Morgan fingerprint density at radius 3 is 2.56 bits per heavy atom. The first-order chi connectivity index (χ1) is 4.41. The van der Waals surface area contributed by atoms with Crippen LogP contribution in [0.15, 0.2) is 37.0 Å². The van der Waals surface area contributed by atoms with Crippen LogP contribution in [-0.2, 0) is 0 Å². The summed E-state index contributed by atoms with van der Waals surface area (Å²) in [6.07, 6.45) is 12.3. The van der Waals surface area contributed by atoms with Crippen LogP contribution in [0.2, 0.25) is 0 Å². The zero-order valence-corrected chi connectivity index (χ0v) is 6.01. The molecule has 0 spiro atoms. The van der Waals surface area contributed by atoms with Gasteiger partial charge in [-0.2, -0.15) is 0 Å². The second-order valence-corrected chi connectivity index (χ2v) is 1.84. The molecule has 0 N–H and O–H groups in total. The van der Waals surface area contributed by atoms with Crippen LogP contribution in [0.25, 0.3) is 0 Å². The quantitative estimate of drug-likeness (QED) is 0.503. The van der Waals surface area contributed by atoms with Crippen molar-refractivity contribution in [1.29, 1.82) is 0 Å². The molecule has 0 aromatic carbocycles. The standard InChI is InChI=1S/C9H14/c1-3-5-7-9-8-6-4-2/h3,5,7-9H,1,4,6H2,2H3/b7-5+,9-8+. The van der Waals surface area contributed by atoms with Crippen molar-refractivity contribution in [2.75, 3.05) is 0 Å². The van der Waals surface area contributed by atoms with Crippen LogP contribution in [-0.4, -0.2) is 0 Å². The van der Waals surface area contributed by atoms with Crippen molar-refractivity contribution in [2.45, 2.75) is 19.8 Å². The molecule has 0 aromatic heterocycles. The average Bonchev–Trinajstić information content (AvgIpc) is 1.89. The van der Waals surface area contributed by atoms with Crippen molar-refractivity contribution >= 4 is 0 Å². The summed E-state index contributed by atoms with van der Waals surface area (Å²) in [4.78, 5) is 0. The summed E-state index contributed by atoms with van der Waals surface area (Å²) in [5.74, 6) is 0. The maximum Gasteiger partial charge on any atom is -0.0350 e. The minimum atomic E-state index is 1.17. The minimum absolute atomic E-state index is 1.17. The highest BCUT2D eigenvalue weighted by atomic mass is 13.7. The first-order valence-electron chi connectivity index (χ1n) is 3.36. The van der Waals surface area contributed by atoms with Crippen molar-refractivity contribution in [1.82, 2.24) is 0 Å². The molecule has 0 aliphatic heterocycles. The summed E-state index contributed by atoms with van der Waals surface area (Å²) in [6.45, 7) is 5.73. The molecule has 0 amide bonds. The molecule has 0 heterocycles. The van der Waals surface area contributed by atoms with Crippen molar-refractivity contribution in [3.63, 3.8) is 0 Å². The van der Waals surface area contributed by atoms with E-state index in [1.807, 2.05) is 18.2 Å². The van der Waals surface area contributed by atoms with E-state index in [0.717, 1.165) is 0 Å². The number of hydrogen-bond donors (Lipinski definition) is 0. The van der Waals surface area contributed by atoms with Gasteiger partial charge in [0.1, 0.15) is 0 Å². The van der Waals surface area contributed by atoms with Crippen LogP contribution >= 0.6 is 0 Å². The van der Waals surface area contributed by atoms with Gasteiger partial charge in [0, 0.05) is 0 Å². The van der Waals surface area contributed by atoms with E-state index in [0.29, 0.717) is 0 Å². The molecular weight excluding hydrogens is 108 g/mol. The molecule has 0 rings (SSSR count). The Morgan fingerprint density at radius 2 is 2.00 bits per heavy atom. The first kappa shape index (κ1) is 8.22. The van der Waals surface area contributed by atoms with Gasteiger partial charge < -0.3 is 0 Å². The van der Waals surface area contributed by atoms with E-state index in [1.165, 1.54) is 12.8 Å². The van der Waals surface area contributed by atoms with E-state index in [-0.39, 0.29) is 0 Å². The average molecular weight is 122 g/mol. The highest BCUT2D eigenvalue weighted by molar-refractivity contribution is 5.08. The molecule has 50 valence electrons. The van der Waals surface area contributed by atoms with Gasteiger partial charge in [0.15, 0.2) is 0 Å². The lowest BCUT2D eigenvalue weighted by Gasteiger charge is -1.78. The van der Waals surface area contributed by atoms with Crippen molar-refractivity contribution in [2.24, 2.45) is 0 Å². The van der Waals surface area contributed by atoms with Gasteiger partial charge >= 0.3 is 0 Å². The monoisotopic (exact) mass is 122 g/mol. The fourth-order valence-corrected chi connectivity index (χ4v) is 0.484. The van der Waals surface area contributed by atoms with Gasteiger partial charge in [0.2, 0.25) is 0 Å². The van der Waals surface area contributed by atoms with Gasteiger partial charge in [-0.15, -0.1) is 0 Å². The smallest absolute Gasteiger partial charge is 0.0350 e. The van der Waals surface area contributed by atoms with Crippen LogP contribution in [0.3, 0.4) is 0 Å². The van der Waals surface area contributed by atoms with Gasteiger partial charge in [-0.25, -0.2) is 0 Å². The van der Waals surface area contributed by atoms with E-state index >= 15 is 0 Å². The van der Waals surface area contributed by atoms with Crippen LogP contribution in [0.1, 0.15) is 19.8 Å². The predicted molar refractivity (Wildman–Crippen MR) is 43.4 cm³/mol. The zero-order chi connectivity index (χ0) is 6.95. The number of rotatable bonds is 4. The zero-order valence-electron chi connectivity index (χ0n) is 6.01. The molecule has 0 aliphatic rings. The summed E-state index contributed by atoms with van der Waals surface area (Å²) >= 11 is 0. The normalized spacial score (nSPS) is 11.2. The van der Waals surface area contributed by atoms with Gasteiger partial charge in [0.05, 0.1) is 0 Å². The molecule has 0 radical (unpaired) electrons. The maximum absolute atomic E-state index is 3.56. The fraction of sp³-hybridized carbons (Fsp3) is 0.333. The third-order valence-electron chi connectivity index (χ3n) is 0.950. The summed E-state index contributed by atoms with van der Waals surface area (Å²) in [5.41, 5.74) is 0. The van der Waals surface area contributed by atoms with Crippen molar-refractivity contribution < 1.29 is 0 Å². The third kappa shape index (κ3) is 7.22. The van der Waals surface area contributed by atoms with E-state index in [9.17, 15) is 0 Å². The number of hydrogen-bond acceptors (Lipinski definition) is 0. The highest BCUT2D eigenvalue weighted by Gasteiger charge is 1.67. The fourth-order valence-electron chi connectivity index (χ4n) is 0.484. The molecule has 0 heteroatoms. The molecule has 0 bridgehead atoms. The van der Waals surface area contributed by atoms with E-state index in [2.05, 4.69) is 19.6 Å². The molecule has 0 fully saturated rings. The van der Waals surface area contributed by atoms with Crippen LogP contribution < -0.4 is 0 Å². The van der Waals surface area contributed by atoms with E-state index < -0.39 is 0 Å². The van der Waals surface area contributed by atoms with Crippen LogP contribution in [0, 0.1) is 0 Å². The van der Waals surface area contributed by atoms with E-state index in [1.54, 1.807) is 6.08 Å². The lowest BCUT2D eigenvalue weighted by molar-refractivity contribution is 0.959.